The van der Waals surface area contributed by atoms with E-state index < -0.39 is 0 Å². The quantitative estimate of drug-likeness (QED) is 0.770. The van der Waals surface area contributed by atoms with E-state index in [1.54, 1.807) is 6.07 Å². The molecule has 0 aliphatic rings. The average Bonchev–Trinajstić information content (AvgIpc) is 2.12. The van der Waals surface area contributed by atoms with Crippen LogP contribution in [-0.2, 0) is 0 Å². The van der Waals surface area contributed by atoms with Gasteiger partial charge in [-0.15, -0.1) is 11.8 Å². The summed E-state index contributed by atoms with van der Waals surface area (Å²) in [6.07, 6.45) is 1.83. The minimum Gasteiger partial charge on any atom is -0.491 e. The van der Waals surface area contributed by atoms with Crippen molar-refractivity contribution < 1.29 is 9.13 Å². The first kappa shape index (κ1) is 10.9. The number of thioether (sulfide) groups is 1. The summed E-state index contributed by atoms with van der Waals surface area (Å²) >= 11 is 4.66. The molecular weight excluding hydrogens is 255 g/mol. The predicted molar refractivity (Wildman–Crippen MR) is 57.1 cm³/mol. The Morgan fingerprint density at radius 3 is 2.77 bits per heavy atom. The molecule has 0 radical (unpaired) electrons. The SMILES string of the molecule is CCOc1c(Br)ccc(F)c1SC. The van der Waals surface area contributed by atoms with Gasteiger partial charge < -0.3 is 4.74 Å². The first-order chi connectivity index (χ1) is 6.20. The zero-order chi connectivity index (χ0) is 9.84. The third-order valence-corrected chi connectivity index (χ3v) is 2.92. The Balaban J connectivity index is 3.18. The van der Waals surface area contributed by atoms with Crippen molar-refractivity contribution in [2.75, 3.05) is 12.9 Å². The van der Waals surface area contributed by atoms with Gasteiger partial charge in [-0.2, -0.15) is 0 Å². The smallest absolute Gasteiger partial charge is 0.149 e. The molecule has 1 aromatic rings. The van der Waals surface area contributed by atoms with Crippen LogP contribution in [0.5, 0.6) is 5.75 Å². The average molecular weight is 265 g/mol. The van der Waals surface area contributed by atoms with Crippen LogP contribution in [0.2, 0.25) is 0 Å². The van der Waals surface area contributed by atoms with Crippen molar-refractivity contribution in [2.45, 2.75) is 11.8 Å². The Hall–Kier alpha value is -0.220. The van der Waals surface area contributed by atoms with Crippen LogP contribution in [0.3, 0.4) is 0 Å². The first-order valence-electron chi connectivity index (χ1n) is 3.85. The standard InChI is InChI=1S/C9H10BrFOS/c1-3-12-8-6(10)4-5-7(11)9(8)13-2/h4-5H,3H2,1-2H3. The lowest BCUT2D eigenvalue weighted by atomic mass is 10.3. The molecule has 72 valence electrons. The lowest BCUT2D eigenvalue weighted by Gasteiger charge is -2.10. The lowest BCUT2D eigenvalue weighted by Crippen LogP contribution is -1.96. The van der Waals surface area contributed by atoms with Gasteiger partial charge in [0.25, 0.3) is 0 Å². The molecule has 0 amide bonds. The normalized spacial score (nSPS) is 10.2. The van der Waals surface area contributed by atoms with Gasteiger partial charge in [0.2, 0.25) is 0 Å². The molecule has 4 heteroatoms. The molecule has 0 aliphatic carbocycles. The van der Waals surface area contributed by atoms with Crippen molar-refractivity contribution in [3.8, 4) is 5.75 Å². The highest BCUT2D eigenvalue weighted by atomic mass is 79.9. The van der Waals surface area contributed by atoms with Crippen molar-refractivity contribution >= 4 is 27.7 Å². The molecule has 1 rings (SSSR count). The summed E-state index contributed by atoms with van der Waals surface area (Å²) in [5, 5.41) is 0. The minimum absolute atomic E-state index is 0.237. The first-order valence-corrected chi connectivity index (χ1v) is 5.87. The number of benzene rings is 1. The van der Waals surface area contributed by atoms with E-state index in [1.165, 1.54) is 17.8 Å². The summed E-state index contributed by atoms with van der Waals surface area (Å²) in [6.45, 7) is 2.41. The van der Waals surface area contributed by atoms with E-state index in [4.69, 9.17) is 4.74 Å². The Labute approximate surface area is 89.8 Å². The van der Waals surface area contributed by atoms with E-state index in [2.05, 4.69) is 15.9 Å². The summed E-state index contributed by atoms with van der Waals surface area (Å²) < 4.78 is 19.4. The van der Waals surface area contributed by atoms with Crippen LogP contribution in [0.25, 0.3) is 0 Å². The second-order valence-electron chi connectivity index (χ2n) is 2.32. The Morgan fingerprint density at radius 1 is 1.54 bits per heavy atom. The molecule has 0 bridgehead atoms. The van der Waals surface area contributed by atoms with E-state index in [0.717, 1.165) is 4.47 Å². The molecule has 1 aromatic carbocycles. The fraction of sp³-hybridized carbons (Fsp3) is 0.333. The molecule has 0 aromatic heterocycles. The van der Waals surface area contributed by atoms with Crippen LogP contribution in [0.1, 0.15) is 6.92 Å². The molecule has 0 aliphatic heterocycles. The van der Waals surface area contributed by atoms with Gasteiger partial charge in [0.05, 0.1) is 16.0 Å². The van der Waals surface area contributed by atoms with Gasteiger partial charge in [0.1, 0.15) is 11.6 Å². The highest BCUT2D eigenvalue weighted by molar-refractivity contribution is 9.10. The molecule has 13 heavy (non-hydrogen) atoms. The monoisotopic (exact) mass is 264 g/mol. The highest BCUT2D eigenvalue weighted by Crippen LogP contribution is 2.36. The maximum absolute atomic E-state index is 13.2. The van der Waals surface area contributed by atoms with Crippen LogP contribution >= 0.6 is 27.7 Å². The van der Waals surface area contributed by atoms with Crippen molar-refractivity contribution in [3.05, 3.63) is 22.4 Å². The molecule has 0 N–H and O–H groups in total. The van der Waals surface area contributed by atoms with E-state index in [-0.39, 0.29) is 5.82 Å². The predicted octanol–water partition coefficient (Wildman–Crippen LogP) is 3.71. The van der Waals surface area contributed by atoms with E-state index in [0.29, 0.717) is 17.3 Å². The summed E-state index contributed by atoms with van der Waals surface area (Å²) in [5.74, 6) is 0.356. The molecule has 0 atom stereocenters. The summed E-state index contributed by atoms with van der Waals surface area (Å²) in [4.78, 5) is 0.552. The highest BCUT2D eigenvalue weighted by Gasteiger charge is 2.11. The Kier molecular flexibility index (Phi) is 4.06. The van der Waals surface area contributed by atoms with Crippen LogP contribution in [0.4, 0.5) is 4.39 Å². The van der Waals surface area contributed by atoms with E-state index in [9.17, 15) is 4.39 Å². The molecule has 0 fully saturated rings. The topological polar surface area (TPSA) is 9.23 Å². The van der Waals surface area contributed by atoms with Gasteiger partial charge in [-0.3, -0.25) is 0 Å². The molecule has 0 heterocycles. The van der Waals surface area contributed by atoms with Gasteiger partial charge in [-0.05, 0) is 41.2 Å². The number of rotatable bonds is 3. The second kappa shape index (κ2) is 4.86. The number of hydrogen-bond donors (Lipinski definition) is 0. The number of hydrogen-bond acceptors (Lipinski definition) is 2. The maximum Gasteiger partial charge on any atom is 0.149 e. The fourth-order valence-electron chi connectivity index (χ4n) is 0.984. The van der Waals surface area contributed by atoms with Gasteiger partial charge in [-0.1, -0.05) is 0 Å². The van der Waals surface area contributed by atoms with Crippen LogP contribution in [0, 0.1) is 5.82 Å². The third kappa shape index (κ3) is 2.38. The fourth-order valence-corrected chi connectivity index (χ4v) is 2.18. The van der Waals surface area contributed by atoms with Crippen LogP contribution < -0.4 is 4.74 Å². The second-order valence-corrected chi connectivity index (χ2v) is 4.00. The lowest BCUT2D eigenvalue weighted by molar-refractivity contribution is 0.326. The van der Waals surface area contributed by atoms with E-state index >= 15 is 0 Å². The minimum atomic E-state index is -0.237. The van der Waals surface area contributed by atoms with Gasteiger partial charge in [0.15, 0.2) is 0 Å². The zero-order valence-corrected chi connectivity index (χ0v) is 9.84. The summed E-state index contributed by atoms with van der Waals surface area (Å²) in [6, 6.07) is 3.08. The van der Waals surface area contributed by atoms with Gasteiger partial charge in [-0.25, -0.2) is 4.39 Å². The molecular formula is C9H10BrFOS. The van der Waals surface area contributed by atoms with Crippen molar-refractivity contribution in [1.29, 1.82) is 0 Å². The maximum atomic E-state index is 13.2. The van der Waals surface area contributed by atoms with Gasteiger partial charge in [0, 0.05) is 0 Å². The molecule has 0 saturated carbocycles. The zero-order valence-electron chi connectivity index (χ0n) is 7.43. The number of halogens is 2. The summed E-state index contributed by atoms with van der Waals surface area (Å²) in [7, 11) is 0. The van der Waals surface area contributed by atoms with Crippen LogP contribution in [-0.4, -0.2) is 12.9 Å². The molecule has 0 saturated heterocycles. The van der Waals surface area contributed by atoms with Crippen molar-refractivity contribution in [1.82, 2.24) is 0 Å². The Bertz CT molecular complexity index is 304. The summed E-state index contributed by atoms with van der Waals surface area (Å²) in [5.41, 5.74) is 0. The Morgan fingerprint density at radius 2 is 2.23 bits per heavy atom. The van der Waals surface area contributed by atoms with Crippen LogP contribution in [0.15, 0.2) is 21.5 Å². The molecule has 0 unspecified atom stereocenters. The third-order valence-electron chi connectivity index (χ3n) is 1.51. The van der Waals surface area contributed by atoms with E-state index in [1.807, 2.05) is 13.2 Å². The number of ether oxygens (including phenoxy) is 1. The van der Waals surface area contributed by atoms with Crippen molar-refractivity contribution in [3.63, 3.8) is 0 Å². The largest absolute Gasteiger partial charge is 0.491 e. The molecule has 0 spiro atoms. The van der Waals surface area contributed by atoms with Crippen molar-refractivity contribution in [2.24, 2.45) is 0 Å². The van der Waals surface area contributed by atoms with Gasteiger partial charge >= 0.3 is 0 Å². The molecule has 1 nitrogen and oxygen atoms in total.